The summed E-state index contributed by atoms with van der Waals surface area (Å²) in [4.78, 5) is 12.9. The molecule has 0 aliphatic heterocycles. The van der Waals surface area contributed by atoms with E-state index < -0.39 is 11.6 Å². The fraction of sp³-hybridized carbons (Fsp3) is 0.292. The van der Waals surface area contributed by atoms with E-state index in [1.165, 1.54) is 51.7 Å². The van der Waals surface area contributed by atoms with Crippen LogP contribution in [0.4, 0.5) is 4.39 Å². The standard InChI is InChI=1S/C24H27FO6/c1-15(2)6-10-18-21(31-14-28-3)13-22(30-5)23(24(18)27)20(26)11-8-16-7-9-17(29-4)12-19(16)25/h6-9,11-13,27H,10,14H2,1-5H3/b11-8+. The number of carbonyl (C=O) groups excluding carboxylic acids is 1. The molecule has 0 heterocycles. The van der Waals surface area contributed by atoms with Crippen LogP contribution in [0.1, 0.15) is 35.3 Å². The number of rotatable bonds is 10. The Morgan fingerprint density at radius 2 is 1.84 bits per heavy atom. The zero-order chi connectivity index (χ0) is 23.0. The summed E-state index contributed by atoms with van der Waals surface area (Å²) < 4.78 is 35.0. The maximum Gasteiger partial charge on any atom is 0.193 e. The van der Waals surface area contributed by atoms with Crippen LogP contribution in [0, 0.1) is 5.82 Å². The molecule has 0 bridgehead atoms. The average Bonchev–Trinajstić information content (AvgIpc) is 2.75. The van der Waals surface area contributed by atoms with Gasteiger partial charge in [0.05, 0.1) is 14.2 Å². The van der Waals surface area contributed by atoms with Gasteiger partial charge in [-0.15, -0.1) is 0 Å². The SMILES string of the molecule is COCOc1cc(OC)c(C(=O)/C=C/c2ccc(OC)cc2F)c(O)c1CC=C(C)C. The van der Waals surface area contributed by atoms with Gasteiger partial charge < -0.3 is 24.1 Å². The maximum absolute atomic E-state index is 14.2. The van der Waals surface area contributed by atoms with Crippen molar-refractivity contribution in [3.05, 3.63) is 64.5 Å². The fourth-order valence-corrected chi connectivity index (χ4v) is 2.84. The Kier molecular flexibility index (Phi) is 8.63. The Labute approximate surface area is 181 Å². The number of ketones is 1. The average molecular weight is 430 g/mol. The Morgan fingerprint density at radius 3 is 2.42 bits per heavy atom. The summed E-state index contributed by atoms with van der Waals surface area (Å²) in [7, 11) is 4.30. The minimum atomic E-state index is -0.540. The van der Waals surface area contributed by atoms with Crippen molar-refractivity contribution >= 4 is 11.9 Å². The van der Waals surface area contributed by atoms with Crippen LogP contribution in [-0.4, -0.2) is 39.0 Å². The third kappa shape index (κ3) is 6.08. The summed E-state index contributed by atoms with van der Waals surface area (Å²) in [6.45, 7) is 3.82. The number of methoxy groups -OCH3 is 3. The maximum atomic E-state index is 14.2. The Balaban J connectivity index is 2.49. The van der Waals surface area contributed by atoms with Crippen molar-refractivity contribution in [2.45, 2.75) is 20.3 Å². The second kappa shape index (κ2) is 11.2. The van der Waals surface area contributed by atoms with Crippen molar-refractivity contribution in [2.75, 3.05) is 28.1 Å². The minimum absolute atomic E-state index is 0.0328. The quantitative estimate of drug-likeness (QED) is 0.249. The third-order valence-electron chi connectivity index (χ3n) is 4.46. The number of aromatic hydroxyl groups is 1. The van der Waals surface area contributed by atoms with Crippen LogP contribution in [-0.2, 0) is 11.2 Å². The van der Waals surface area contributed by atoms with Gasteiger partial charge in [0.1, 0.15) is 34.4 Å². The molecule has 166 valence electrons. The molecule has 6 nitrogen and oxygen atoms in total. The lowest BCUT2D eigenvalue weighted by atomic mass is 9.99. The van der Waals surface area contributed by atoms with Crippen LogP contribution >= 0.6 is 0 Å². The molecule has 1 N–H and O–H groups in total. The Hall–Kier alpha value is -3.32. The second-order valence-corrected chi connectivity index (χ2v) is 6.90. The molecule has 0 unspecified atom stereocenters. The monoisotopic (exact) mass is 430 g/mol. The van der Waals surface area contributed by atoms with Gasteiger partial charge >= 0.3 is 0 Å². The number of hydrogen-bond donors (Lipinski definition) is 1. The molecular formula is C24H27FO6. The minimum Gasteiger partial charge on any atom is -0.507 e. The molecule has 0 spiro atoms. The first-order valence-corrected chi connectivity index (χ1v) is 9.56. The van der Waals surface area contributed by atoms with Crippen LogP contribution in [0.5, 0.6) is 23.0 Å². The van der Waals surface area contributed by atoms with Gasteiger partial charge in [-0.25, -0.2) is 4.39 Å². The topological polar surface area (TPSA) is 74.2 Å². The van der Waals surface area contributed by atoms with Gasteiger partial charge in [-0.05, 0) is 44.6 Å². The van der Waals surface area contributed by atoms with E-state index in [2.05, 4.69) is 0 Å². The van der Waals surface area contributed by atoms with Crippen molar-refractivity contribution in [1.29, 1.82) is 0 Å². The largest absolute Gasteiger partial charge is 0.507 e. The first kappa shape index (κ1) is 24.0. The summed E-state index contributed by atoms with van der Waals surface area (Å²) in [5.74, 6) is -0.484. The van der Waals surface area contributed by atoms with Gasteiger partial charge in [-0.3, -0.25) is 4.79 Å². The number of carbonyl (C=O) groups is 1. The summed E-state index contributed by atoms with van der Waals surface area (Å²) in [6.07, 6.45) is 4.76. The highest BCUT2D eigenvalue weighted by atomic mass is 19.1. The number of ether oxygens (including phenoxy) is 4. The summed E-state index contributed by atoms with van der Waals surface area (Å²) >= 11 is 0. The highest BCUT2D eigenvalue weighted by molar-refractivity contribution is 6.11. The van der Waals surface area contributed by atoms with E-state index in [0.717, 1.165) is 5.57 Å². The highest BCUT2D eigenvalue weighted by Crippen LogP contribution is 2.40. The molecule has 0 fully saturated rings. The number of benzene rings is 2. The van der Waals surface area contributed by atoms with Crippen molar-refractivity contribution in [3.8, 4) is 23.0 Å². The molecule has 2 aromatic rings. The van der Waals surface area contributed by atoms with E-state index >= 15 is 0 Å². The van der Waals surface area contributed by atoms with Gasteiger partial charge in [-0.2, -0.15) is 0 Å². The smallest absolute Gasteiger partial charge is 0.193 e. The molecule has 0 atom stereocenters. The Morgan fingerprint density at radius 1 is 1.10 bits per heavy atom. The van der Waals surface area contributed by atoms with Gasteiger partial charge in [0.2, 0.25) is 0 Å². The van der Waals surface area contributed by atoms with E-state index in [1.54, 1.807) is 6.07 Å². The predicted octanol–water partition coefficient (Wildman–Crippen LogP) is 4.94. The van der Waals surface area contributed by atoms with Crippen LogP contribution in [0.3, 0.4) is 0 Å². The molecule has 0 aliphatic rings. The molecule has 0 saturated heterocycles. The van der Waals surface area contributed by atoms with E-state index in [1.807, 2.05) is 19.9 Å². The zero-order valence-corrected chi connectivity index (χ0v) is 18.3. The lowest BCUT2D eigenvalue weighted by Gasteiger charge is -2.17. The molecule has 0 amide bonds. The fourth-order valence-electron chi connectivity index (χ4n) is 2.84. The van der Waals surface area contributed by atoms with Crippen molar-refractivity contribution in [3.63, 3.8) is 0 Å². The van der Waals surface area contributed by atoms with Crippen LogP contribution < -0.4 is 14.2 Å². The van der Waals surface area contributed by atoms with Crippen molar-refractivity contribution in [1.82, 2.24) is 0 Å². The molecule has 0 radical (unpaired) electrons. The highest BCUT2D eigenvalue weighted by Gasteiger charge is 2.23. The number of allylic oxidation sites excluding steroid dienone is 3. The third-order valence-corrected chi connectivity index (χ3v) is 4.46. The van der Waals surface area contributed by atoms with Gasteiger partial charge in [0, 0.05) is 30.4 Å². The molecule has 0 aromatic heterocycles. The summed E-state index contributed by atoms with van der Waals surface area (Å²) in [5.41, 5.74) is 1.63. The normalized spacial score (nSPS) is 10.8. The predicted molar refractivity (Wildman–Crippen MR) is 117 cm³/mol. The van der Waals surface area contributed by atoms with Crippen LogP contribution in [0.2, 0.25) is 0 Å². The summed E-state index contributed by atoms with van der Waals surface area (Å²) in [6, 6.07) is 5.84. The van der Waals surface area contributed by atoms with Crippen LogP contribution in [0.15, 0.2) is 42.0 Å². The Bertz CT molecular complexity index is 990. The van der Waals surface area contributed by atoms with Gasteiger partial charge in [0.25, 0.3) is 0 Å². The molecular weight excluding hydrogens is 403 g/mol. The first-order valence-electron chi connectivity index (χ1n) is 9.56. The van der Waals surface area contributed by atoms with Gasteiger partial charge in [-0.1, -0.05) is 11.6 Å². The van der Waals surface area contributed by atoms with Crippen LogP contribution in [0.25, 0.3) is 6.08 Å². The molecule has 2 aromatic carbocycles. The molecule has 7 heteroatoms. The molecule has 2 rings (SSSR count). The lowest BCUT2D eigenvalue weighted by molar-refractivity contribution is 0.0502. The number of phenols is 1. The zero-order valence-electron chi connectivity index (χ0n) is 18.3. The molecule has 0 aliphatic carbocycles. The number of halogens is 1. The van der Waals surface area contributed by atoms with E-state index in [4.69, 9.17) is 18.9 Å². The van der Waals surface area contributed by atoms with E-state index in [9.17, 15) is 14.3 Å². The first-order chi connectivity index (χ1) is 14.8. The van der Waals surface area contributed by atoms with Crippen molar-refractivity contribution in [2.24, 2.45) is 0 Å². The molecule has 0 saturated carbocycles. The van der Waals surface area contributed by atoms with E-state index in [0.29, 0.717) is 23.5 Å². The number of hydrogen-bond acceptors (Lipinski definition) is 6. The molecule has 31 heavy (non-hydrogen) atoms. The van der Waals surface area contributed by atoms with E-state index in [-0.39, 0.29) is 29.4 Å². The second-order valence-electron chi connectivity index (χ2n) is 6.90. The lowest BCUT2D eigenvalue weighted by Crippen LogP contribution is -2.07. The van der Waals surface area contributed by atoms with Gasteiger partial charge in [0.15, 0.2) is 12.6 Å². The summed E-state index contributed by atoms with van der Waals surface area (Å²) in [5, 5.41) is 10.9. The van der Waals surface area contributed by atoms with Crippen molar-refractivity contribution < 1.29 is 33.2 Å². The number of phenolic OH excluding ortho intramolecular Hbond substituents is 1.